The van der Waals surface area contributed by atoms with Crippen molar-refractivity contribution in [3.8, 4) is 6.01 Å². The van der Waals surface area contributed by atoms with Crippen LogP contribution in [0.1, 0.15) is 29.8 Å². The molecule has 94 valence electrons. The van der Waals surface area contributed by atoms with Crippen LogP contribution in [0.5, 0.6) is 6.01 Å². The molecule has 17 heavy (non-hydrogen) atoms. The van der Waals surface area contributed by atoms with E-state index in [2.05, 4.69) is 15.3 Å². The first-order valence-corrected chi connectivity index (χ1v) is 6.29. The van der Waals surface area contributed by atoms with Crippen LogP contribution in [0.3, 0.4) is 0 Å². The molecular formula is C13H21N3O. The van der Waals surface area contributed by atoms with Crippen molar-refractivity contribution in [3.63, 3.8) is 0 Å². The maximum atomic E-state index is 5.09. The van der Waals surface area contributed by atoms with Gasteiger partial charge in [-0.15, -0.1) is 0 Å². The van der Waals surface area contributed by atoms with Gasteiger partial charge in [0.1, 0.15) is 0 Å². The Hall–Kier alpha value is -1.16. The number of methoxy groups -OCH3 is 1. The van der Waals surface area contributed by atoms with Gasteiger partial charge in [0.2, 0.25) is 0 Å². The van der Waals surface area contributed by atoms with Crippen LogP contribution in [0.2, 0.25) is 0 Å². The van der Waals surface area contributed by atoms with Gasteiger partial charge in [0.05, 0.1) is 7.11 Å². The average Bonchev–Trinajstić information content (AvgIpc) is 2.35. The van der Waals surface area contributed by atoms with Gasteiger partial charge < -0.3 is 10.1 Å². The standard InChI is InChI=1S/C13H21N3O/c1-9-12(7-11-5-4-6-14-8-11)10(2)16-13(15-9)17-3/h11,14H,4-8H2,1-3H3. The summed E-state index contributed by atoms with van der Waals surface area (Å²) in [6, 6.07) is 0.477. The van der Waals surface area contributed by atoms with Crippen LogP contribution in [-0.2, 0) is 6.42 Å². The summed E-state index contributed by atoms with van der Waals surface area (Å²) >= 11 is 0. The zero-order valence-electron chi connectivity index (χ0n) is 10.9. The van der Waals surface area contributed by atoms with Crippen molar-refractivity contribution in [2.24, 2.45) is 5.92 Å². The zero-order valence-corrected chi connectivity index (χ0v) is 10.9. The summed E-state index contributed by atoms with van der Waals surface area (Å²) < 4.78 is 5.09. The molecule has 1 aliphatic heterocycles. The average molecular weight is 235 g/mol. The van der Waals surface area contributed by atoms with Gasteiger partial charge in [-0.2, -0.15) is 0 Å². The molecule has 1 unspecified atom stereocenters. The Morgan fingerprint density at radius 1 is 1.29 bits per heavy atom. The number of nitrogens with zero attached hydrogens (tertiary/aromatic N) is 2. The van der Waals surface area contributed by atoms with Crippen molar-refractivity contribution in [3.05, 3.63) is 17.0 Å². The van der Waals surface area contributed by atoms with Gasteiger partial charge in [-0.25, -0.2) is 9.97 Å². The minimum absolute atomic E-state index is 0.477. The molecule has 0 saturated carbocycles. The zero-order chi connectivity index (χ0) is 12.3. The lowest BCUT2D eigenvalue weighted by atomic mass is 9.91. The van der Waals surface area contributed by atoms with E-state index in [4.69, 9.17) is 4.74 Å². The molecule has 2 heterocycles. The summed E-state index contributed by atoms with van der Waals surface area (Å²) in [4.78, 5) is 8.73. The normalized spacial score (nSPS) is 20.3. The van der Waals surface area contributed by atoms with Crippen LogP contribution in [-0.4, -0.2) is 30.2 Å². The first-order chi connectivity index (χ1) is 8.20. The molecule has 0 amide bonds. The van der Waals surface area contributed by atoms with E-state index in [0.29, 0.717) is 6.01 Å². The van der Waals surface area contributed by atoms with Crippen molar-refractivity contribution >= 4 is 0 Å². The highest BCUT2D eigenvalue weighted by Gasteiger charge is 2.17. The Labute approximate surface area is 103 Å². The molecule has 4 nitrogen and oxygen atoms in total. The maximum absolute atomic E-state index is 5.09. The molecule has 4 heteroatoms. The molecule has 0 bridgehead atoms. The lowest BCUT2D eigenvalue weighted by Crippen LogP contribution is -2.31. The van der Waals surface area contributed by atoms with E-state index in [0.717, 1.165) is 36.8 Å². The summed E-state index contributed by atoms with van der Waals surface area (Å²) in [6.45, 7) is 6.37. The monoisotopic (exact) mass is 235 g/mol. The molecule has 0 aromatic carbocycles. The van der Waals surface area contributed by atoms with Crippen molar-refractivity contribution in [2.45, 2.75) is 33.1 Å². The lowest BCUT2D eigenvalue weighted by Gasteiger charge is -2.23. The van der Waals surface area contributed by atoms with Crippen LogP contribution in [0.4, 0.5) is 0 Å². The Morgan fingerprint density at radius 2 is 2.00 bits per heavy atom. The molecule has 2 rings (SSSR count). The predicted octanol–water partition coefficient (Wildman–Crippen LogP) is 1.64. The molecule has 1 aromatic heterocycles. The van der Waals surface area contributed by atoms with E-state index < -0.39 is 0 Å². The molecule has 1 saturated heterocycles. The summed E-state index contributed by atoms with van der Waals surface area (Å²) in [5.74, 6) is 0.721. The molecule has 1 fully saturated rings. The molecule has 1 aliphatic rings. The first kappa shape index (κ1) is 12.3. The Balaban J connectivity index is 2.14. The highest BCUT2D eigenvalue weighted by molar-refractivity contribution is 5.26. The predicted molar refractivity (Wildman–Crippen MR) is 67.4 cm³/mol. The van der Waals surface area contributed by atoms with Crippen LogP contribution in [0, 0.1) is 19.8 Å². The number of ether oxygens (including phenoxy) is 1. The van der Waals surface area contributed by atoms with E-state index in [9.17, 15) is 0 Å². The van der Waals surface area contributed by atoms with Gasteiger partial charge in [0.25, 0.3) is 0 Å². The minimum Gasteiger partial charge on any atom is -0.467 e. The number of piperidine rings is 1. The van der Waals surface area contributed by atoms with Crippen molar-refractivity contribution in [1.29, 1.82) is 0 Å². The van der Waals surface area contributed by atoms with Crippen LogP contribution in [0.25, 0.3) is 0 Å². The van der Waals surface area contributed by atoms with Gasteiger partial charge in [-0.3, -0.25) is 0 Å². The van der Waals surface area contributed by atoms with Gasteiger partial charge in [-0.1, -0.05) is 0 Å². The fraction of sp³-hybridized carbons (Fsp3) is 0.692. The van der Waals surface area contributed by atoms with Crippen molar-refractivity contribution < 1.29 is 4.74 Å². The lowest BCUT2D eigenvalue weighted by molar-refractivity contribution is 0.366. The second kappa shape index (κ2) is 5.45. The molecule has 0 radical (unpaired) electrons. The van der Waals surface area contributed by atoms with Crippen LogP contribution in [0.15, 0.2) is 0 Å². The highest BCUT2D eigenvalue weighted by atomic mass is 16.5. The van der Waals surface area contributed by atoms with Crippen LogP contribution < -0.4 is 10.1 Å². The maximum Gasteiger partial charge on any atom is 0.316 e. The van der Waals surface area contributed by atoms with Gasteiger partial charge in [0, 0.05) is 11.4 Å². The Bertz CT molecular complexity index is 363. The topological polar surface area (TPSA) is 47.0 Å². The molecule has 1 N–H and O–H groups in total. The molecule has 1 aromatic rings. The molecule has 1 atom stereocenters. The SMILES string of the molecule is COc1nc(C)c(CC2CCCNC2)c(C)n1. The highest BCUT2D eigenvalue weighted by Crippen LogP contribution is 2.21. The van der Waals surface area contributed by atoms with Gasteiger partial charge >= 0.3 is 6.01 Å². The molecule has 0 aliphatic carbocycles. The van der Waals surface area contributed by atoms with E-state index in [-0.39, 0.29) is 0 Å². The number of aromatic nitrogens is 2. The fourth-order valence-corrected chi connectivity index (χ4v) is 2.48. The Kier molecular flexibility index (Phi) is 3.94. The second-order valence-electron chi connectivity index (χ2n) is 4.78. The van der Waals surface area contributed by atoms with E-state index >= 15 is 0 Å². The van der Waals surface area contributed by atoms with Crippen molar-refractivity contribution in [1.82, 2.24) is 15.3 Å². The number of hydrogen-bond donors (Lipinski definition) is 1. The third kappa shape index (κ3) is 2.94. The third-order valence-corrected chi connectivity index (χ3v) is 3.47. The number of rotatable bonds is 3. The summed E-state index contributed by atoms with van der Waals surface area (Å²) in [6.07, 6.45) is 3.66. The number of aryl methyl sites for hydroxylation is 2. The first-order valence-electron chi connectivity index (χ1n) is 6.29. The Morgan fingerprint density at radius 3 is 2.53 bits per heavy atom. The van der Waals surface area contributed by atoms with E-state index in [1.54, 1.807) is 7.11 Å². The third-order valence-electron chi connectivity index (χ3n) is 3.47. The molecule has 0 spiro atoms. The largest absolute Gasteiger partial charge is 0.467 e. The fourth-order valence-electron chi connectivity index (χ4n) is 2.48. The van der Waals surface area contributed by atoms with E-state index in [1.807, 2.05) is 13.8 Å². The van der Waals surface area contributed by atoms with Crippen molar-refractivity contribution in [2.75, 3.05) is 20.2 Å². The summed E-state index contributed by atoms with van der Waals surface area (Å²) in [7, 11) is 1.61. The summed E-state index contributed by atoms with van der Waals surface area (Å²) in [5.41, 5.74) is 3.40. The number of nitrogens with one attached hydrogen (secondary N) is 1. The quantitative estimate of drug-likeness (QED) is 0.865. The second-order valence-corrected chi connectivity index (χ2v) is 4.78. The van der Waals surface area contributed by atoms with Crippen LogP contribution >= 0.6 is 0 Å². The van der Waals surface area contributed by atoms with Gasteiger partial charge in [-0.05, 0) is 57.7 Å². The van der Waals surface area contributed by atoms with E-state index in [1.165, 1.54) is 18.4 Å². The number of hydrogen-bond acceptors (Lipinski definition) is 4. The summed E-state index contributed by atoms with van der Waals surface area (Å²) in [5, 5.41) is 3.45. The van der Waals surface area contributed by atoms with Gasteiger partial charge in [0.15, 0.2) is 0 Å². The minimum atomic E-state index is 0.477. The smallest absolute Gasteiger partial charge is 0.316 e. The molecular weight excluding hydrogens is 214 g/mol.